The summed E-state index contributed by atoms with van der Waals surface area (Å²) in [6.07, 6.45) is 0.980. The Morgan fingerprint density at radius 3 is 2.55 bits per heavy atom. The van der Waals surface area contributed by atoms with Crippen LogP contribution < -0.4 is 15.4 Å². The Morgan fingerprint density at radius 1 is 1.05 bits per heavy atom. The number of benzene rings is 2. The first-order valence-corrected chi connectivity index (χ1v) is 13.4. The predicted molar refractivity (Wildman–Crippen MR) is 151 cm³/mol. The summed E-state index contributed by atoms with van der Waals surface area (Å²) in [6, 6.07) is 12.5. The Kier molecular flexibility index (Phi) is 5.98. The summed E-state index contributed by atoms with van der Waals surface area (Å²) in [4.78, 5) is 42.9. The first-order chi connectivity index (χ1) is 19.1. The van der Waals surface area contributed by atoms with Gasteiger partial charge in [0.15, 0.2) is 5.54 Å². The van der Waals surface area contributed by atoms with E-state index in [-0.39, 0.29) is 18.2 Å². The summed E-state index contributed by atoms with van der Waals surface area (Å²) in [5.74, 6) is 0.0574. The fourth-order valence-corrected chi connectivity index (χ4v) is 6.11. The van der Waals surface area contributed by atoms with Crippen molar-refractivity contribution in [3.8, 4) is 5.75 Å². The van der Waals surface area contributed by atoms with Gasteiger partial charge in [0.1, 0.15) is 17.1 Å². The van der Waals surface area contributed by atoms with E-state index in [1.807, 2.05) is 18.2 Å². The molecule has 9 nitrogen and oxygen atoms in total. The number of carbonyl (C=O) groups excluding carboxylic acids is 3. The Balaban J connectivity index is 1.39. The van der Waals surface area contributed by atoms with Crippen molar-refractivity contribution in [2.75, 3.05) is 27.2 Å². The van der Waals surface area contributed by atoms with Crippen molar-refractivity contribution in [1.82, 2.24) is 20.4 Å². The molecule has 0 spiro atoms. The number of imide groups is 1. The quantitative estimate of drug-likeness (QED) is 0.445. The third kappa shape index (κ3) is 3.87. The van der Waals surface area contributed by atoms with E-state index in [0.717, 1.165) is 29.5 Å². The van der Waals surface area contributed by atoms with Crippen LogP contribution in [0, 0.1) is 0 Å². The van der Waals surface area contributed by atoms with Crippen LogP contribution in [0.5, 0.6) is 5.75 Å². The van der Waals surface area contributed by atoms with Crippen molar-refractivity contribution in [2.24, 2.45) is 0 Å². The van der Waals surface area contributed by atoms with Crippen molar-refractivity contribution in [3.63, 3.8) is 0 Å². The maximum absolute atomic E-state index is 13.3. The third-order valence-corrected chi connectivity index (χ3v) is 8.49. The lowest BCUT2D eigenvalue weighted by Crippen LogP contribution is -2.52. The number of carbonyl (C=O) groups is 3. The number of hydrogen-bond donors (Lipinski definition) is 2. The molecule has 40 heavy (non-hydrogen) atoms. The molecule has 0 saturated carbocycles. The minimum Gasteiger partial charge on any atom is -0.497 e. The number of fused-ring (bicyclic) bond motifs is 2. The molecule has 0 radical (unpaired) electrons. The molecule has 1 saturated heterocycles. The minimum absolute atomic E-state index is 0.0795. The first kappa shape index (κ1) is 25.7. The van der Waals surface area contributed by atoms with Crippen LogP contribution in [0.3, 0.4) is 0 Å². The zero-order chi connectivity index (χ0) is 28.3. The van der Waals surface area contributed by atoms with Crippen molar-refractivity contribution in [1.29, 1.82) is 0 Å². The number of urea groups is 1. The number of nitrogens with one attached hydrogen (secondary N) is 2. The topological polar surface area (TPSA) is 104 Å². The van der Waals surface area contributed by atoms with E-state index >= 15 is 0 Å². The van der Waals surface area contributed by atoms with Gasteiger partial charge in [-0.25, -0.2) is 4.79 Å². The molecular formula is C31H32N4O5. The second kappa shape index (κ2) is 9.29. The van der Waals surface area contributed by atoms with Crippen LogP contribution in [0.2, 0.25) is 0 Å². The van der Waals surface area contributed by atoms with Gasteiger partial charge in [-0.3, -0.25) is 14.9 Å². The molecule has 9 heteroatoms. The highest BCUT2D eigenvalue weighted by Gasteiger charge is 2.53. The molecule has 2 aromatic carbocycles. The Morgan fingerprint density at radius 2 is 1.85 bits per heavy atom. The van der Waals surface area contributed by atoms with E-state index in [4.69, 9.17) is 9.15 Å². The molecule has 4 amide bonds. The standard InChI is InChI=1S/C31H32N4O5/c1-6-19-14-34(4)18(3)27(17(19)2)20-8-10-25-22(11-20)12-26(40-25)31(29(37)32-30(38)33-31)16-35-15-21-7-9-23(39-5)13-24(21)28(35)36/h7-13H,6,14-16H2,1-5H3,(H2,32,33,37,38). The van der Waals surface area contributed by atoms with Crippen LogP contribution in [-0.2, 0) is 16.9 Å². The van der Waals surface area contributed by atoms with E-state index in [1.54, 1.807) is 30.2 Å². The SMILES string of the molecule is CCC1=C(C)C(c2ccc3oc(C4(CN5Cc6ccc(OC)cc6C5=O)NC(=O)NC4=O)cc3c2)=C(C)N(C)C1. The van der Waals surface area contributed by atoms with E-state index in [2.05, 4.69) is 49.4 Å². The molecule has 3 aliphatic rings. The molecule has 0 bridgehead atoms. The van der Waals surface area contributed by atoms with Crippen molar-refractivity contribution in [3.05, 3.63) is 81.8 Å². The van der Waals surface area contributed by atoms with Gasteiger partial charge in [0.25, 0.3) is 11.8 Å². The van der Waals surface area contributed by atoms with E-state index in [1.165, 1.54) is 22.4 Å². The monoisotopic (exact) mass is 540 g/mol. The summed E-state index contributed by atoms with van der Waals surface area (Å²) in [7, 11) is 3.65. The number of amides is 4. The Bertz CT molecular complexity index is 1670. The van der Waals surface area contributed by atoms with Crippen LogP contribution in [0.4, 0.5) is 4.79 Å². The summed E-state index contributed by atoms with van der Waals surface area (Å²) < 4.78 is 11.5. The lowest BCUT2D eigenvalue weighted by molar-refractivity contribution is -0.125. The van der Waals surface area contributed by atoms with E-state index < -0.39 is 17.5 Å². The molecule has 1 atom stereocenters. The normalized spacial score (nSPS) is 21.0. The number of likely N-dealkylation sites (N-methyl/N-ethyl adjacent to an activating group) is 1. The third-order valence-electron chi connectivity index (χ3n) is 8.49. The van der Waals surface area contributed by atoms with Crippen LogP contribution in [0.15, 0.2) is 63.7 Å². The van der Waals surface area contributed by atoms with Gasteiger partial charge in [0.2, 0.25) is 0 Å². The zero-order valence-corrected chi connectivity index (χ0v) is 23.3. The fourth-order valence-electron chi connectivity index (χ4n) is 6.11. The van der Waals surface area contributed by atoms with Crippen molar-refractivity contribution >= 4 is 34.4 Å². The fraction of sp³-hybridized carbons (Fsp3) is 0.323. The second-order valence-corrected chi connectivity index (χ2v) is 10.8. The molecular weight excluding hydrogens is 508 g/mol. The molecule has 3 aliphatic heterocycles. The van der Waals surface area contributed by atoms with Crippen molar-refractivity contribution in [2.45, 2.75) is 39.3 Å². The minimum atomic E-state index is -1.57. The van der Waals surface area contributed by atoms with Crippen LogP contribution >= 0.6 is 0 Å². The van der Waals surface area contributed by atoms with E-state index in [0.29, 0.717) is 23.4 Å². The molecule has 206 valence electrons. The summed E-state index contributed by atoms with van der Waals surface area (Å²) in [5, 5.41) is 5.92. The highest BCUT2D eigenvalue weighted by Crippen LogP contribution is 2.39. The zero-order valence-electron chi connectivity index (χ0n) is 23.3. The summed E-state index contributed by atoms with van der Waals surface area (Å²) >= 11 is 0. The van der Waals surface area contributed by atoms with E-state index in [9.17, 15) is 14.4 Å². The summed E-state index contributed by atoms with van der Waals surface area (Å²) in [6.45, 7) is 7.62. The van der Waals surface area contributed by atoms with Gasteiger partial charge >= 0.3 is 6.03 Å². The lowest BCUT2D eigenvalue weighted by Gasteiger charge is -2.31. The number of nitrogens with zero attached hydrogens (tertiary/aromatic N) is 2. The molecule has 1 aromatic heterocycles. The van der Waals surface area contributed by atoms with Gasteiger partial charge in [0, 0.05) is 42.4 Å². The largest absolute Gasteiger partial charge is 0.497 e. The summed E-state index contributed by atoms with van der Waals surface area (Å²) in [5.41, 5.74) is 6.49. The first-order valence-electron chi connectivity index (χ1n) is 13.4. The van der Waals surface area contributed by atoms with Crippen LogP contribution in [-0.4, -0.2) is 54.9 Å². The highest BCUT2D eigenvalue weighted by atomic mass is 16.5. The maximum Gasteiger partial charge on any atom is 0.322 e. The van der Waals surface area contributed by atoms with Gasteiger partial charge in [-0.1, -0.05) is 19.1 Å². The van der Waals surface area contributed by atoms with Gasteiger partial charge < -0.3 is 24.3 Å². The molecule has 3 aromatic rings. The van der Waals surface area contributed by atoms with Crippen molar-refractivity contribution < 1.29 is 23.5 Å². The lowest BCUT2D eigenvalue weighted by atomic mass is 9.88. The smallest absolute Gasteiger partial charge is 0.322 e. The number of allylic oxidation sites excluding steroid dienone is 3. The average Bonchev–Trinajstić information content (AvgIpc) is 3.59. The number of furan rings is 1. The number of rotatable bonds is 6. The Hall–Kier alpha value is -4.53. The van der Waals surface area contributed by atoms with Gasteiger partial charge in [0.05, 0.1) is 13.7 Å². The average molecular weight is 541 g/mol. The van der Waals surface area contributed by atoms with Gasteiger partial charge in [-0.15, -0.1) is 0 Å². The van der Waals surface area contributed by atoms with Gasteiger partial charge in [-0.05, 0) is 72.9 Å². The number of ether oxygens (including phenoxy) is 1. The maximum atomic E-state index is 13.3. The number of hydrogen-bond acceptors (Lipinski definition) is 6. The number of methoxy groups -OCH3 is 1. The second-order valence-electron chi connectivity index (χ2n) is 10.8. The van der Waals surface area contributed by atoms with Crippen LogP contribution in [0.1, 0.15) is 54.4 Å². The van der Waals surface area contributed by atoms with Gasteiger partial charge in [-0.2, -0.15) is 0 Å². The molecule has 6 rings (SSSR count). The molecule has 1 unspecified atom stereocenters. The predicted octanol–water partition coefficient (Wildman–Crippen LogP) is 4.54. The molecule has 0 aliphatic carbocycles. The molecule has 1 fully saturated rings. The Labute approximate surface area is 232 Å². The van der Waals surface area contributed by atoms with Crippen LogP contribution in [0.25, 0.3) is 16.5 Å². The molecule has 4 heterocycles. The highest BCUT2D eigenvalue weighted by molar-refractivity contribution is 6.08. The molecule has 2 N–H and O–H groups in total.